The number of piperazine rings is 1. The zero-order chi connectivity index (χ0) is 20.6. The predicted octanol–water partition coefficient (Wildman–Crippen LogP) is 4.43. The minimum Gasteiger partial charge on any atom is -0.444 e. The lowest BCUT2D eigenvalue weighted by Gasteiger charge is -2.37. The van der Waals surface area contributed by atoms with Gasteiger partial charge in [-0.15, -0.1) is 0 Å². The van der Waals surface area contributed by atoms with E-state index in [1.54, 1.807) is 17.0 Å². The van der Waals surface area contributed by atoms with E-state index in [2.05, 4.69) is 14.9 Å². The average Bonchev–Trinajstić information content (AvgIpc) is 3.15. The molecule has 0 atom stereocenters. The first-order valence-corrected chi connectivity index (χ1v) is 9.77. The molecule has 0 aliphatic carbocycles. The first kappa shape index (κ1) is 19.2. The number of pyridine rings is 1. The van der Waals surface area contributed by atoms with Gasteiger partial charge < -0.3 is 19.5 Å². The quantitative estimate of drug-likeness (QED) is 0.696. The monoisotopic (exact) mass is 396 g/mol. The molecule has 3 aromatic rings. The Balaban J connectivity index is 1.62. The van der Waals surface area contributed by atoms with E-state index in [-0.39, 0.29) is 11.9 Å². The van der Waals surface area contributed by atoms with E-state index in [4.69, 9.17) is 4.74 Å². The van der Waals surface area contributed by atoms with Crippen LogP contribution in [0.4, 0.5) is 14.9 Å². The molecule has 6 nitrogen and oxygen atoms in total. The number of aromatic amines is 1. The highest BCUT2D eigenvalue weighted by Crippen LogP contribution is 2.36. The molecule has 4 rings (SSSR count). The van der Waals surface area contributed by atoms with Crippen molar-refractivity contribution in [3.8, 4) is 11.1 Å². The fraction of sp³-hybridized carbons (Fsp3) is 0.364. The van der Waals surface area contributed by atoms with Crippen LogP contribution in [0.25, 0.3) is 22.2 Å². The molecule has 1 saturated heterocycles. The van der Waals surface area contributed by atoms with Crippen molar-refractivity contribution in [2.75, 3.05) is 31.1 Å². The number of nitrogens with zero attached hydrogens (tertiary/aromatic N) is 3. The number of hydrogen-bond acceptors (Lipinski definition) is 4. The number of anilines is 1. The molecule has 1 N–H and O–H groups in total. The standard InChI is InChI=1S/C22H25FN4O2/c1-22(2,3)29-21(28)27-12-10-26(11-13-27)19-17-8-9-24-20(17)25-14-18(19)15-4-6-16(23)7-5-15/h4-9,14H,10-13H2,1-3H3,(H,24,25). The van der Waals surface area contributed by atoms with Crippen molar-refractivity contribution in [3.05, 3.63) is 48.5 Å². The molecule has 1 amide bonds. The lowest BCUT2D eigenvalue weighted by molar-refractivity contribution is 0.0241. The van der Waals surface area contributed by atoms with Gasteiger partial charge in [-0.05, 0) is 44.5 Å². The molecular formula is C22H25FN4O2. The lowest BCUT2D eigenvalue weighted by atomic mass is 10.0. The average molecular weight is 396 g/mol. The van der Waals surface area contributed by atoms with Crippen LogP contribution in [-0.4, -0.2) is 52.7 Å². The van der Waals surface area contributed by atoms with E-state index < -0.39 is 5.60 Å². The highest BCUT2D eigenvalue weighted by Gasteiger charge is 2.28. The van der Waals surface area contributed by atoms with Crippen molar-refractivity contribution < 1.29 is 13.9 Å². The molecule has 0 unspecified atom stereocenters. The minimum absolute atomic E-state index is 0.267. The Labute approximate surface area is 169 Å². The largest absolute Gasteiger partial charge is 0.444 e. The topological polar surface area (TPSA) is 61.5 Å². The Kier molecular flexibility index (Phi) is 4.90. The second-order valence-electron chi connectivity index (χ2n) is 8.22. The molecule has 1 aromatic carbocycles. The van der Waals surface area contributed by atoms with Gasteiger partial charge in [-0.1, -0.05) is 12.1 Å². The molecule has 152 valence electrons. The van der Waals surface area contributed by atoms with Gasteiger partial charge in [0.2, 0.25) is 0 Å². The predicted molar refractivity (Wildman–Crippen MR) is 112 cm³/mol. The van der Waals surface area contributed by atoms with Crippen LogP contribution in [0.5, 0.6) is 0 Å². The summed E-state index contributed by atoms with van der Waals surface area (Å²) < 4.78 is 18.9. The number of H-pyrrole nitrogens is 1. The Hall–Kier alpha value is -3.09. The van der Waals surface area contributed by atoms with Crippen LogP contribution >= 0.6 is 0 Å². The third-order valence-corrected chi connectivity index (χ3v) is 4.96. The number of nitrogens with one attached hydrogen (secondary N) is 1. The summed E-state index contributed by atoms with van der Waals surface area (Å²) in [7, 11) is 0. The number of fused-ring (bicyclic) bond motifs is 1. The van der Waals surface area contributed by atoms with Crippen LogP contribution in [0, 0.1) is 5.82 Å². The number of benzene rings is 1. The smallest absolute Gasteiger partial charge is 0.410 e. The maximum absolute atomic E-state index is 13.4. The van der Waals surface area contributed by atoms with Crippen LogP contribution in [-0.2, 0) is 4.74 Å². The molecule has 7 heteroatoms. The van der Waals surface area contributed by atoms with Crippen LogP contribution in [0.2, 0.25) is 0 Å². The summed E-state index contributed by atoms with van der Waals surface area (Å²) in [4.78, 5) is 24.1. The second kappa shape index (κ2) is 7.39. The van der Waals surface area contributed by atoms with Crippen LogP contribution < -0.4 is 4.90 Å². The fourth-order valence-electron chi connectivity index (χ4n) is 3.61. The summed E-state index contributed by atoms with van der Waals surface area (Å²) in [5.74, 6) is -0.267. The molecule has 0 spiro atoms. The molecule has 2 aromatic heterocycles. The zero-order valence-corrected chi connectivity index (χ0v) is 16.9. The molecule has 1 aliphatic heterocycles. The maximum atomic E-state index is 13.4. The van der Waals surface area contributed by atoms with Gasteiger partial charge in [-0.2, -0.15) is 0 Å². The highest BCUT2D eigenvalue weighted by molar-refractivity contribution is 5.98. The molecule has 1 fully saturated rings. The number of halogens is 1. The van der Waals surface area contributed by atoms with Gasteiger partial charge >= 0.3 is 6.09 Å². The van der Waals surface area contributed by atoms with Crippen molar-refractivity contribution in [3.63, 3.8) is 0 Å². The summed E-state index contributed by atoms with van der Waals surface area (Å²) >= 11 is 0. The highest BCUT2D eigenvalue weighted by atomic mass is 19.1. The Morgan fingerprint density at radius 1 is 1.10 bits per heavy atom. The van der Waals surface area contributed by atoms with Gasteiger partial charge in [-0.3, -0.25) is 0 Å². The van der Waals surface area contributed by atoms with Crippen molar-refractivity contribution in [1.82, 2.24) is 14.9 Å². The van der Waals surface area contributed by atoms with E-state index >= 15 is 0 Å². The number of rotatable bonds is 2. The summed E-state index contributed by atoms with van der Waals surface area (Å²) in [5.41, 5.74) is 3.20. The van der Waals surface area contributed by atoms with E-state index in [9.17, 15) is 9.18 Å². The zero-order valence-electron chi connectivity index (χ0n) is 16.9. The van der Waals surface area contributed by atoms with Crippen molar-refractivity contribution in [1.29, 1.82) is 0 Å². The maximum Gasteiger partial charge on any atom is 0.410 e. The molecule has 0 saturated carbocycles. The van der Waals surface area contributed by atoms with E-state index in [0.29, 0.717) is 26.2 Å². The molecular weight excluding hydrogens is 371 g/mol. The number of carbonyl (C=O) groups is 1. The first-order chi connectivity index (χ1) is 13.8. The van der Waals surface area contributed by atoms with Gasteiger partial charge in [0.05, 0.1) is 5.69 Å². The van der Waals surface area contributed by atoms with Crippen LogP contribution in [0.15, 0.2) is 42.7 Å². The number of aromatic nitrogens is 2. The normalized spacial score (nSPS) is 15.0. The number of hydrogen-bond donors (Lipinski definition) is 1. The van der Waals surface area contributed by atoms with E-state index in [1.807, 2.05) is 39.2 Å². The third-order valence-electron chi connectivity index (χ3n) is 4.96. The van der Waals surface area contributed by atoms with Gasteiger partial charge in [0, 0.05) is 49.5 Å². The van der Waals surface area contributed by atoms with Crippen LogP contribution in [0.3, 0.4) is 0 Å². The first-order valence-electron chi connectivity index (χ1n) is 9.77. The van der Waals surface area contributed by atoms with Crippen molar-refractivity contribution in [2.45, 2.75) is 26.4 Å². The fourth-order valence-corrected chi connectivity index (χ4v) is 3.61. The van der Waals surface area contributed by atoms with Crippen LogP contribution in [0.1, 0.15) is 20.8 Å². The van der Waals surface area contributed by atoms with Gasteiger partial charge in [0.1, 0.15) is 17.1 Å². The summed E-state index contributed by atoms with van der Waals surface area (Å²) in [6.45, 7) is 8.12. The SMILES string of the molecule is CC(C)(C)OC(=O)N1CCN(c2c(-c3ccc(F)cc3)cnc3[nH]ccc23)CC1. The van der Waals surface area contributed by atoms with E-state index in [1.165, 1.54) is 12.1 Å². The molecule has 3 heterocycles. The van der Waals surface area contributed by atoms with E-state index in [0.717, 1.165) is 27.8 Å². The number of carbonyl (C=O) groups excluding carboxylic acids is 1. The Morgan fingerprint density at radius 3 is 2.45 bits per heavy atom. The molecule has 0 bridgehead atoms. The van der Waals surface area contributed by atoms with Crippen molar-refractivity contribution in [2.24, 2.45) is 0 Å². The Morgan fingerprint density at radius 2 is 1.79 bits per heavy atom. The summed E-state index contributed by atoms with van der Waals surface area (Å²) in [6, 6.07) is 8.46. The minimum atomic E-state index is -0.508. The Bertz CT molecular complexity index is 1020. The summed E-state index contributed by atoms with van der Waals surface area (Å²) in [5, 5.41) is 1.01. The molecule has 1 aliphatic rings. The summed E-state index contributed by atoms with van der Waals surface area (Å²) in [6.07, 6.45) is 3.41. The molecule has 29 heavy (non-hydrogen) atoms. The second-order valence-corrected chi connectivity index (χ2v) is 8.22. The third kappa shape index (κ3) is 4.04. The van der Waals surface area contributed by atoms with Gasteiger partial charge in [0.25, 0.3) is 0 Å². The van der Waals surface area contributed by atoms with Gasteiger partial charge in [-0.25, -0.2) is 14.2 Å². The van der Waals surface area contributed by atoms with Crippen molar-refractivity contribution >= 4 is 22.8 Å². The lowest BCUT2D eigenvalue weighted by Crippen LogP contribution is -2.50. The number of amides is 1. The molecule has 0 radical (unpaired) electrons. The van der Waals surface area contributed by atoms with Gasteiger partial charge in [0.15, 0.2) is 0 Å². The number of ether oxygens (including phenoxy) is 1.